The van der Waals surface area contributed by atoms with Gasteiger partial charge >= 0.3 is 0 Å². The predicted molar refractivity (Wildman–Crippen MR) is 101 cm³/mol. The summed E-state index contributed by atoms with van der Waals surface area (Å²) in [7, 11) is 0. The second-order valence-electron chi connectivity index (χ2n) is 6.15. The summed E-state index contributed by atoms with van der Waals surface area (Å²) in [5.74, 6) is -0.708. The molecule has 1 atom stereocenters. The van der Waals surface area contributed by atoms with Crippen molar-refractivity contribution in [3.63, 3.8) is 0 Å². The van der Waals surface area contributed by atoms with Gasteiger partial charge in [-0.2, -0.15) is 0 Å². The van der Waals surface area contributed by atoms with Crippen LogP contribution in [0, 0.1) is 5.92 Å². The van der Waals surface area contributed by atoms with Gasteiger partial charge in [-0.1, -0.05) is 45.4 Å². The van der Waals surface area contributed by atoms with Gasteiger partial charge in [0.1, 0.15) is 0 Å². The Morgan fingerprint density at radius 2 is 1.33 bits per heavy atom. The lowest BCUT2D eigenvalue weighted by Crippen LogP contribution is -2.47. The van der Waals surface area contributed by atoms with Gasteiger partial charge in [-0.3, -0.25) is 0 Å². The largest absolute Gasteiger partial charge is 0.328 e. The van der Waals surface area contributed by atoms with Crippen LogP contribution >= 0.6 is 0 Å². The van der Waals surface area contributed by atoms with E-state index in [0.717, 1.165) is 19.4 Å². The Balaban J connectivity index is 4.74. The van der Waals surface area contributed by atoms with Crippen LogP contribution < -0.4 is 11.1 Å². The maximum Gasteiger partial charge on any atom is 0.285 e. The molecule has 0 spiro atoms. The number of nitrogens with one attached hydrogen (secondary N) is 1. The molecule has 24 heavy (non-hydrogen) atoms. The lowest BCUT2D eigenvalue weighted by atomic mass is 9.94. The molecule has 0 aliphatic carbocycles. The van der Waals surface area contributed by atoms with Crippen LogP contribution in [0.5, 0.6) is 0 Å². The molecule has 0 aromatic carbocycles. The quantitative estimate of drug-likeness (QED) is 0.290. The molecule has 0 aliphatic rings. The molecule has 5 nitrogen and oxygen atoms in total. The van der Waals surface area contributed by atoms with Crippen molar-refractivity contribution < 1.29 is 14.2 Å². The summed E-state index contributed by atoms with van der Waals surface area (Å²) in [5, 5.41) is 3.21. The third-order valence-corrected chi connectivity index (χ3v) is 4.26. The van der Waals surface area contributed by atoms with Crippen molar-refractivity contribution in [3.8, 4) is 0 Å². The van der Waals surface area contributed by atoms with Gasteiger partial charge in [0.15, 0.2) is 0 Å². The Morgan fingerprint density at radius 1 is 0.792 bits per heavy atom. The zero-order chi connectivity index (χ0) is 18.1. The fourth-order valence-corrected chi connectivity index (χ4v) is 3.13. The van der Waals surface area contributed by atoms with E-state index in [4.69, 9.17) is 19.9 Å². The van der Waals surface area contributed by atoms with Crippen molar-refractivity contribution in [1.82, 2.24) is 5.32 Å². The second kappa shape index (κ2) is 16.3. The van der Waals surface area contributed by atoms with Crippen molar-refractivity contribution >= 4 is 0 Å². The third kappa shape index (κ3) is 9.94. The summed E-state index contributed by atoms with van der Waals surface area (Å²) >= 11 is 0. The van der Waals surface area contributed by atoms with Gasteiger partial charge in [0.2, 0.25) is 0 Å². The molecule has 5 heteroatoms. The maximum absolute atomic E-state index is 6.00. The van der Waals surface area contributed by atoms with Crippen LogP contribution in [0.2, 0.25) is 0 Å². The van der Waals surface area contributed by atoms with Gasteiger partial charge in [-0.05, 0) is 40.2 Å². The van der Waals surface area contributed by atoms with E-state index in [2.05, 4.69) is 12.2 Å². The maximum atomic E-state index is 6.00. The molecule has 0 aromatic rings. The van der Waals surface area contributed by atoms with Crippen molar-refractivity contribution in [3.05, 3.63) is 0 Å². The fourth-order valence-electron chi connectivity index (χ4n) is 3.13. The van der Waals surface area contributed by atoms with Gasteiger partial charge in [0, 0.05) is 32.4 Å². The summed E-state index contributed by atoms with van der Waals surface area (Å²) < 4.78 is 18.0. The molecule has 0 heterocycles. The van der Waals surface area contributed by atoms with Gasteiger partial charge in [0.25, 0.3) is 5.97 Å². The Bertz CT molecular complexity index is 248. The highest BCUT2D eigenvalue weighted by Crippen LogP contribution is 2.33. The monoisotopic (exact) mass is 346 g/mol. The molecule has 0 aromatic heterocycles. The van der Waals surface area contributed by atoms with Gasteiger partial charge < -0.3 is 25.3 Å². The van der Waals surface area contributed by atoms with Crippen molar-refractivity contribution in [2.75, 3.05) is 33.0 Å². The summed E-state index contributed by atoms with van der Waals surface area (Å²) in [6, 6.07) is 0. The van der Waals surface area contributed by atoms with Crippen molar-refractivity contribution in [1.29, 1.82) is 0 Å². The van der Waals surface area contributed by atoms with Crippen molar-refractivity contribution in [2.45, 2.75) is 85.0 Å². The average Bonchev–Trinajstić information content (AvgIpc) is 2.57. The van der Waals surface area contributed by atoms with E-state index >= 15 is 0 Å². The van der Waals surface area contributed by atoms with E-state index < -0.39 is 5.97 Å². The number of hydrogen-bond acceptors (Lipinski definition) is 5. The van der Waals surface area contributed by atoms with E-state index in [-0.39, 0.29) is 5.92 Å². The molecule has 0 saturated heterocycles. The first-order chi connectivity index (χ1) is 11.7. The predicted octanol–water partition coefficient (Wildman–Crippen LogP) is 4.01. The minimum absolute atomic E-state index is 0.211. The lowest BCUT2D eigenvalue weighted by molar-refractivity contribution is -0.403. The molecule has 146 valence electrons. The van der Waals surface area contributed by atoms with Crippen LogP contribution in [-0.4, -0.2) is 39.0 Å². The van der Waals surface area contributed by atoms with Crippen LogP contribution in [0.3, 0.4) is 0 Å². The highest BCUT2D eigenvalue weighted by Gasteiger charge is 2.41. The summed E-state index contributed by atoms with van der Waals surface area (Å²) in [6.45, 7) is 11.3. The summed E-state index contributed by atoms with van der Waals surface area (Å²) in [5.41, 5.74) is 5.56. The molecule has 1 unspecified atom stereocenters. The van der Waals surface area contributed by atoms with Crippen molar-refractivity contribution in [2.24, 2.45) is 11.7 Å². The first kappa shape index (κ1) is 23.8. The van der Waals surface area contributed by atoms with E-state index in [9.17, 15) is 0 Å². The Morgan fingerprint density at radius 3 is 1.83 bits per heavy atom. The topological polar surface area (TPSA) is 65.7 Å². The molecule has 0 amide bonds. The molecule has 3 N–H and O–H groups in total. The van der Waals surface area contributed by atoms with E-state index in [1.165, 1.54) is 38.5 Å². The lowest BCUT2D eigenvalue weighted by Gasteiger charge is -2.39. The zero-order valence-electron chi connectivity index (χ0n) is 16.6. The average molecular weight is 347 g/mol. The molecule has 0 fully saturated rings. The highest BCUT2D eigenvalue weighted by molar-refractivity contribution is 4.73. The summed E-state index contributed by atoms with van der Waals surface area (Å²) in [6.07, 6.45) is 9.72. The number of rotatable bonds is 18. The first-order valence-corrected chi connectivity index (χ1v) is 10.0. The molecule has 0 saturated carbocycles. The molecule has 0 bridgehead atoms. The Labute approximate surface area is 150 Å². The van der Waals surface area contributed by atoms with Crippen LogP contribution in [0.1, 0.15) is 79.1 Å². The SMILES string of the molecule is CCCCCCCCC(CCNCN)C(OCC)(OCC)OCC. The van der Waals surface area contributed by atoms with Gasteiger partial charge in [0.05, 0.1) is 0 Å². The van der Waals surface area contributed by atoms with Gasteiger partial charge in [-0.25, -0.2) is 0 Å². The zero-order valence-corrected chi connectivity index (χ0v) is 16.6. The van der Waals surface area contributed by atoms with E-state index in [0.29, 0.717) is 26.5 Å². The highest BCUT2D eigenvalue weighted by atomic mass is 16.9. The normalized spacial score (nSPS) is 13.4. The van der Waals surface area contributed by atoms with E-state index in [1.54, 1.807) is 0 Å². The molecule has 0 rings (SSSR count). The third-order valence-electron chi connectivity index (χ3n) is 4.26. The smallest absolute Gasteiger partial charge is 0.285 e. The fraction of sp³-hybridized carbons (Fsp3) is 1.00. The van der Waals surface area contributed by atoms with Crippen LogP contribution in [-0.2, 0) is 14.2 Å². The minimum Gasteiger partial charge on any atom is -0.328 e. The first-order valence-electron chi connectivity index (χ1n) is 10.0. The van der Waals surface area contributed by atoms with Crippen LogP contribution in [0.25, 0.3) is 0 Å². The number of ether oxygens (including phenoxy) is 3. The minimum atomic E-state index is -0.919. The second-order valence-corrected chi connectivity index (χ2v) is 6.15. The number of hydrogen-bond donors (Lipinski definition) is 2. The van der Waals surface area contributed by atoms with E-state index in [1.807, 2.05) is 20.8 Å². The molecular weight excluding hydrogens is 304 g/mol. The summed E-state index contributed by atoms with van der Waals surface area (Å²) in [4.78, 5) is 0. The molecule has 0 aliphatic heterocycles. The molecule has 0 radical (unpaired) electrons. The Kier molecular flexibility index (Phi) is 16.1. The standard InChI is InChI=1S/C19H42N2O3/c1-5-9-10-11-12-13-14-18(15-16-21-17-20)19(22-6-2,23-7-3)24-8-4/h18,21H,5-17,20H2,1-4H3. The molecular formula is C19H42N2O3. The van der Waals surface area contributed by atoms with Gasteiger partial charge in [-0.15, -0.1) is 0 Å². The Hall–Kier alpha value is -0.200. The van der Waals surface area contributed by atoms with Crippen LogP contribution in [0.4, 0.5) is 0 Å². The number of unbranched alkanes of at least 4 members (excludes halogenated alkanes) is 5. The number of nitrogens with two attached hydrogens (primary N) is 1. The van der Waals surface area contributed by atoms with Crippen LogP contribution in [0.15, 0.2) is 0 Å².